The van der Waals surface area contributed by atoms with Crippen LogP contribution >= 0.6 is 0 Å². The first-order valence-electron chi connectivity index (χ1n) is 9.21. The summed E-state index contributed by atoms with van der Waals surface area (Å²) in [4.78, 5) is 2.07. The average molecular weight is 325 g/mol. The summed E-state index contributed by atoms with van der Waals surface area (Å²) in [6.45, 7) is 10.5. The lowest BCUT2D eigenvalue weighted by atomic mass is 9.91. The summed E-state index contributed by atoms with van der Waals surface area (Å²) in [5.41, 5.74) is 0.528. The van der Waals surface area contributed by atoms with E-state index in [0.29, 0.717) is 11.6 Å². The van der Waals surface area contributed by atoms with Gasteiger partial charge in [-0.15, -0.1) is 0 Å². The molecule has 1 aromatic rings. The molecular weight excluding hydrogens is 292 g/mol. The maximum absolute atomic E-state index is 14.1. The van der Waals surface area contributed by atoms with E-state index >= 15 is 0 Å². The van der Waals surface area contributed by atoms with Crippen molar-refractivity contribution in [1.29, 1.82) is 0 Å². The van der Waals surface area contributed by atoms with Gasteiger partial charge in [0.05, 0.1) is 5.69 Å². The highest BCUT2D eigenvalue weighted by Gasteiger charge is 2.16. The molecule has 0 amide bonds. The van der Waals surface area contributed by atoms with Crippen LogP contribution in [0.15, 0.2) is 18.2 Å². The van der Waals surface area contributed by atoms with Crippen LogP contribution < -0.4 is 4.90 Å². The van der Waals surface area contributed by atoms with Crippen LogP contribution in [0.2, 0.25) is 0 Å². The molecule has 1 nitrogen and oxygen atoms in total. The van der Waals surface area contributed by atoms with E-state index < -0.39 is 11.6 Å². The molecule has 0 bridgehead atoms. The minimum Gasteiger partial charge on any atom is -0.369 e. The van der Waals surface area contributed by atoms with E-state index in [1.165, 1.54) is 38.2 Å². The molecule has 0 saturated heterocycles. The molecule has 0 aromatic heterocycles. The lowest BCUT2D eigenvalue weighted by Crippen LogP contribution is -2.30. The van der Waals surface area contributed by atoms with Crippen LogP contribution in [0.5, 0.6) is 0 Å². The zero-order valence-electron chi connectivity index (χ0n) is 15.2. The SMILES string of the molecule is CCCC(CC)CCC(C)CN(CCC)c1ccc(F)cc1F. The van der Waals surface area contributed by atoms with Crippen molar-refractivity contribution in [3.63, 3.8) is 0 Å². The van der Waals surface area contributed by atoms with Crippen molar-refractivity contribution < 1.29 is 8.78 Å². The van der Waals surface area contributed by atoms with Crippen LogP contribution in [-0.2, 0) is 0 Å². The normalized spacial score (nSPS) is 13.8. The predicted molar refractivity (Wildman–Crippen MR) is 95.9 cm³/mol. The van der Waals surface area contributed by atoms with Crippen molar-refractivity contribution in [1.82, 2.24) is 0 Å². The molecule has 0 aliphatic carbocycles. The quantitative estimate of drug-likeness (QED) is 0.453. The average Bonchev–Trinajstić information content (AvgIpc) is 2.51. The van der Waals surface area contributed by atoms with Crippen molar-refractivity contribution in [3.8, 4) is 0 Å². The van der Waals surface area contributed by atoms with Gasteiger partial charge in [0.25, 0.3) is 0 Å². The van der Waals surface area contributed by atoms with E-state index in [1.54, 1.807) is 6.07 Å². The molecule has 0 N–H and O–H groups in total. The summed E-state index contributed by atoms with van der Waals surface area (Å²) in [6, 6.07) is 3.90. The Morgan fingerprint density at radius 1 is 1.00 bits per heavy atom. The van der Waals surface area contributed by atoms with Gasteiger partial charge in [0.1, 0.15) is 11.6 Å². The molecule has 3 heteroatoms. The Morgan fingerprint density at radius 3 is 2.30 bits per heavy atom. The standard InChI is InChI=1S/C20H33F2N/c1-5-8-17(7-3)10-9-16(4)15-23(13-6-2)20-12-11-18(21)14-19(20)22/h11-12,14,16-17H,5-10,13,15H2,1-4H3. The first-order chi connectivity index (χ1) is 11.0. The third kappa shape index (κ3) is 6.88. The molecule has 0 radical (unpaired) electrons. The Labute approximate surface area is 141 Å². The second-order valence-corrected chi connectivity index (χ2v) is 6.79. The van der Waals surface area contributed by atoms with Crippen molar-refractivity contribution in [3.05, 3.63) is 29.8 Å². The van der Waals surface area contributed by atoms with Gasteiger partial charge in [0.15, 0.2) is 0 Å². The summed E-state index contributed by atoms with van der Waals surface area (Å²) in [5, 5.41) is 0. The zero-order valence-corrected chi connectivity index (χ0v) is 15.2. The highest BCUT2D eigenvalue weighted by atomic mass is 19.1. The Bertz CT molecular complexity index is 447. The highest BCUT2D eigenvalue weighted by molar-refractivity contribution is 5.47. The van der Waals surface area contributed by atoms with E-state index in [-0.39, 0.29) is 0 Å². The Morgan fingerprint density at radius 2 is 1.74 bits per heavy atom. The van der Waals surface area contributed by atoms with Gasteiger partial charge in [0, 0.05) is 19.2 Å². The molecule has 0 saturated carbocycles. The number of rotatable bonds is 11. The smallest absolute Gasteiger partial charge is 0.149 e. The number of halogens is 2. The minimum absolute atomic E-state index is 0.455. The van der Waals surface area contributed by atoms with Crippen LogP contribution in [0.1, 0.15) is 66.2 Å². The summed E-state index contributed by atoms with van der Waals surface area (Å²) in [7, 11) is 0. The number of nitrogens with zero attached hydrogens (tertiary/aromatic N) is 1. The monoisotopic (exact) mass is 325 g/mol. The van der Waals surface area contributed by atoms with Crippen molar-refractivity contribution in [2.45, 2.75) is 66.2 Å². The van der Waals surface area contributed by atoms with E-state index in [1.807, 2.05) is 0 Å². The van der Waals surface area contributed by atoms with E-state index in [4.69, 9.17) is 0 Å². The van der Waals surface area contributed by atoms with Crippen molar-refractivity contribution in [2.75, 3.05) is 18.0 Å². The summed E-state index contributed by atoms with van der Waals surface area (Å²) >= 11 is 0. The topological polar surface area (TPSA) is 3.24 Å². The largest absolute Gasteiger partial charge is 0.369 e. The van der Waals surface area contributed by atoms with Gasteiger partial charge in [0.2, 0.25) is 0 Å². The number of anilines is 1. The molecule has 0 spiro atoms. The number of hydrogen-bond acceptors (Lipinski definition) is 1. The third-order valence-electron chi connectivity index (χ3n) is 4.62. The lowest BCUT2D eigenvalue weighted by Gasteiger charge is -2.28. The Balaban J connectivity index is 2.64. The van der Waals surface area contributed by atoms with E-state index in [0.717, 1.165) is 31.5 Å². The van der Waals surface area contributed by atoms with Gasteiger partial charge >= 0.3 is 0 Å². The molecular formula is C20H33F2N. The molecule has 0 fully saturated rings. The van der Waals surface area contributed by atoms with Crippen LogP contribution in [0.4, 0.5) is 14.5 Å². The maximum atomic E-state index is 14.1. The second-order valence-electron chi connectivity index (χ2n) is 6.79. The minimum atomic E-state index is -0.513. The van der Waals surface area contributed by atoms with Crippen molar-refractivity contribution in [2.24, 2.45) is 11.8 Å². The fourth-order valence-electron chi connectivity index (χ4n) is 3.27. The summed E-state index contributed by atoms with van der Waals surface area (Å²) in [5.74, 6) is 0.353. The molecule has 1 rings (SSSR count). The molecule has 0 aliphatic rings. The molecule has 132 valence electrons. The lowest BCUT2D eigenvalue weighted by molar-refractivity contribution is 0.376. The van der Waals surface area contributed by atoms with Crippen molar-refractivity contribution >= 4 is 5.69 Å². The predicted octanol–water partition coefficient (Wildman–Crippen LogP) is 6.42. The maximum Gasteiger partial charge on any atom is 0.149 e. The van der Waals surface area contributed by atoms with Gasteiger partial charge in [-0.2, -0.15) is 0 Å². The van der Waals surface area contributed by atoms with Gasteiger partial charge < -0.3 is 4.90 Å². The van der Waals surface area contributed by atoms with Gasteiger partial charge in [-0.05, 0) is 36.8 Å². The Hall–Kier alpha value is -1.12. The van der Waals surface area contributed by atoms with Gasteiger partial charge in [-0.1, -0.05) is 53.4 Å². The summed E-state index contributed by atoms with van der Waals surface area (Å²) < 4.78 is 27.2. The van der Waals surface area contributed by atoms with Crippen LogP contribution in [0, 0.1) is 23.5 Å². The third-order valence-corrected chi connectivity index (χ3v) is 4.62. The molecule has 0 aliphatic heterocycles. The zero-order chi connectivity index (χ0) is 17.2. The molecule has 23 heavy (non-hydrogen) atoms. The van der Waals surface area contributed by atoms with E-state index in [9.17, 15) is 8.78 Å². The highest BCUT2D eigenvalue weighted by Crippen LogP contribution is 2.25. The van der Waals surface area contributed by atoms with Crippen LogP contribution in [-0.4, -0.2) is 13.1 Å². The molecule has 1 aromatic carbocycles. The number of benzene rings is 1. The first-order valence-corrected chi connectivity index (χ1v) is 9.21. The Kier molecular flexibility index (Phi) is 9.20. The summed E-state index contributed by atoms with van der Waals surface area (Å²) in [6.07, 6.45) is 7.16. The van der Waals surface area contributed by atoms with Crippen LogP contribution in [0.3, 0.4) is 0 Å². The van der Waals surface area contributed by atoms with E-state index in [2.05, 4.69) is 32.6 Å². The molecule has 2 unspecified atom stereocenters. The fourth-order valence-corrected chi connectivity index (χ4v) is 3.27. The second kappa shape index (κ2) is 10.6. The van der Waals surface area contributed by atoms with Gasteiger partial charge in [-0.3, -0.25) is 0 Å². The molecule has 2 atom stereocenters. The fraction of sp³-hybridized carbons (Fsp3) is 0.700. The molecule has 0 heterocycles. The van der Waals surface area contributed by atoms with Gasteiger partial charge in [-0.25, -0.2) is 8.78 Å². The van der Waals surface area contributed by atoms with Crippen LogP contribution in [0.25, 0.3) is 0 Å². The first kappa shape index (κ1) is 19.9. The number of hydrogen-bond donors (Lipinski definition) is 0.